The number of ether oxygens (including phenoxy) is 3. The van der Waals surface area contributed by atoms with Gasteiger partial charge in [0.1, 0.15) is 10.8 Å². The van der Waals surface area contributed by atoms with Gasteiger partial charge in [0.15, 0.2) is 11.4 Å². The number of ketones is 1. The molecule has 5 unspecified atom stereocenters. The highest BCUT2D eigenvalue weighted by Crippen LogP contribution is 2.94. The van der Waals surface area contributed by atoms with E-state index < -0.39 is 39.7 Å². The van der Waals surface area contributed by atoms with Gasteiger partial charge in [-0.15, -0.1) is 0 Å². The van der Waals surface area contributed by atoms with Gasteiger partial charge in [0.2, 0.25) is 0 Å². The first-order valence-corrected chi connectivity index (χ1v) is 8.13. The van der Waals surface area contributed by atoms with E-state index in [0.717, 1.165) is 5.57 Å². The molecule has 0 aromatic heterocycles. The maximum absolute atomic E-state index is 13.3. The Morgan fingerprint density at radius 2 is 1.75 bits per heavy atom. The highest BCUT2D eigenvalue weighted by atomic mass is 16.6. The Morgan fingerprint density at radius 1 is 1.21 bits per heavy atom. The molecule has 4 aliphatic rings. The predicted octanol–water partition coefficient (Wildman–Crippen LogP) is 1.28. The third-order valence-corrected chi connectivity index (χ3v) is 6.89. The van der Waals surface area contributed by atoms with Crippen molar-refractivity contribution in [1.82, 2.24) is 0 Å². The van der Waals surface area contributed by atoms with Crippen molar-refractivity contribution in [2.75, 3.05) is 20.8 Å². The number of epoxide rings is 1. The average molecular weight is 334 g/mol. The Bertz CT molecular complexity index is 739. The molecule has 1 saturated heterocycles. The molecule has 6 heteroatoms. The van der Waals surface area contributed by atoms with E-state index in [2.05, 4.69) is 0 Å². The summed E-state index contributed by atoms with van der Waals surface area (Å²) in [6, 6.07) is 0. The van der Waals surface area contributed by atoms with Crippen LogP contribution in [0.15, 0.2) is 11.6 Å². The zero-order valence-electron chi connectivity index (χ0n) is 14.8. The maximum atomic E-state index is 13.3. The molecule has 0 aromatic rings. The van der Waals surface area contributed by atoms with Crippen molar-refractivity contribution in [2.45, 2.75) is 33.3 Å². The molecule has 0 aromatic carbocycles. The number of methoxy groups -OCH3 is 2. The van der Waals surface area contributed by atoms with E-state index >= 15 is 0 Å². The Morgan fingerprint density at radius 3 is 2.17 bits per heavy atom. The molecule has 1 aliphatic heterocycles. The summed E-state index contributed by atoms with van der Waals surface area (Å²) < 4.78 is 15.7. The molecule has 1 spiro atoms. The lowest BCUT2D eigenvalue weighted by atomic mass is 9.71. The van der Waals surface area contributed by atoms with Gasteiger partial charge in [-0.2, -0.15) is 0 Å². The monoisotopic (exact) mass is 334 g/mol. The molecule has 24 heavy (non-hydrogen) atoms. The highest BCUT2D eigenvalue weighted by Gasteiger charge is 3.07. The number of hydrogen-bond acceptors (Lipinski definition) is 6. The van der Waals surface area contributed by atoms with Crippen LogP contribution in [0.25, 0.3) is 0 Å². The van der Waals surface area contributed by atoms with Crippen LogP contribution >= 0.6 is 0 Å². The van der Waals surface area contributed by atoms with Gasteiger partial charge in [0.05, 0.1) is 26.2 Å². The molecule has 3 aliphatic carbocycles. The minimum atomic E-state index is -1.29. The van der Waals surface area contributed by atoms with Gasteiger partial charge in [0, 0.05) is 5.92 Å². The summed E-state index contributed by atoms with van der Waals surface area (Å²) in [6.07, 6.45) is 1.81. The second-order valence-corrected chi connectivity index (χ2v) is 8.51. The lowest BCUT2D eigenvalue weighted by Gasteiger charge is -2.31. The Hall–Kier alpha value is -1.69. The molecule has 6 nitrogen and oxygen atoms in total. The van der Waals surface area contributed by atoms with Crippen molar-refractivity contribution in [3.63, 3.8) is 0 Å². The van der Waals surface area contributed by atoms with E-state index in [-0.39, 0.29) is 17.8 Å². The molecule has 3 fully saturated rings. The molecule has 0 bridgehead atoms. The molecule has 130 valence electrons. The van der Waals surface area contributed by atoms with E-state index in [1.807, 2.05) is 26.8 Å². The van der Waals surface area contributed by atoms with Gasteiger partial charge in [-0.3, -0.25) is 14.4 Å². The van der Waals surface area contributed by atoms with E-state index in [1.54, 1.807) is 6.92 Å². The van der Waals surface area contributed by atoms with E-state index in [4.69, 9.17) is 14.2 Å². The summed E-state index contributed by atoms with van der Waals surface area (Å²) in [4.78, 5) is 39.0. The zero-order chi connectivity index (χ0) is 17.9. The number of Topliss-reactive ketones (excluding diaryl/α,β-unsaturated/α-hetero) is 1. The summed E-state index contributed by atoms with van der Waals surface area (Å²) in [5, 5.41) is 0. The van der Waals surface area contributed by atoms with Crippen LogP contribution in [-0.4, -0.2) is 44.1 Å². The fraction of sp³-hybridized carbons (Fsp3) is 0.722. The van der Waals surface area contributed by atoms with Gasteiger partial charge in [-0.1, -0.05) is 32.4 Å². The van der Waals surface area contributed by atoms with E-state index in [9.17, 15) is 14.4 Å². The number of fused-ring (bicyclic) bond motifs is 2. The largest absolute Gasteiger partial charge is 0.469 e. The minimum absolute atomic E-state index is 0.175. The lowest BCUT2D eigenvalue weighted by Crippen LogP contribution is -2.42. The van der Waals surface area contributed by atoms with E-state index in [1.165, 1.54) is 14.2 Å². The SMILES string of the molecule is COC(=O)C12C=C(C(C)(C)C)C3C4(CO4)C(=O)C1(C)C32C(=O)OC. The molecular weight excluding hydrogens is 312 g/mol. The van der Waals surface area contributed by atoms with Crippen molar-refractivity contribution in [1.29, 1.82) is 0 Å². The average Bonchev–Trinajstić information content (AvgIpc) is 3.35. The van der Waals surface area contributed by atoms with Crippen LogP contribution in [-0.2, 0) is 28.6 Å². The van der Waals surface area contributed by atoms with Crippen LogP contribution in [0.2, 0.25) is 0 Å². The molecule has 0 N–H and O–H groups in total. The standard InChI is InChI=1S/C18H22O6/c1-14(2,3)9-7-17(12(20)22-5)15(4)11(19)16(8-24-16)10(9)18(15,17)13(21)23-6/h7,10H,8H2,1-6H3. The number of hydrogen-bond donors (Lipinski definition) is 0. The smallest absolute Gasteiger partial charge is 0.317 e. The van der Waals surface area contributed by atoms with Gasteiger partial charge >= 0.3 is 11.9 Å². The molecule has 0 amide bonds. The molecular formula is C18H22O6. The van der Waals surface area contributed by atoms with Crippen molar-refractivity contribution in [2.24, 2.45) is 27.6 Å². The molecule has 2 saturated carbocycles. The van der Waals surface area contributed by atoms with Crippen LogP contribution in [0.5, 0.6) is 0 Å². The quantitative estimate of drug-likeness (QED) is 0.430. The fourth-order valence-electron chi connectivity index (χ4n) is 5.87. The summed E-state index contributed by atoms with van der Waals surface area (Å²) in [5.41, 5.74) is -4.11. The Kier molecular flexibility index (Phi) is 2.48. The van der Waals surface area contributed by atoms with Gasteiger partial charge in [-0.05, 0) is 12.3 Å². The number of carbonyl (C=O) groups is 3. The van der Waals surface area contributed by atoms with Crippen LogP contribution in [0.1, 0.15) is 27.7 Å². The van der Waals surface area contributed by atoms with Crippen LogP contribution in [0.4, 0.5) is 0 Å². The van der Waals surface area contributed by atoms with Crippen molar-refractivity contribution >= 4 is 17.7 Å². The number of rotatable bonds is 2. The third-order valence-electron chi connectivity index (χ3n) is 6.89. The normalized spacial score (nSPS) is 47.3. The second kappa shape index (κ2) is 3.77. The van der Waals surface area contributed by atoms with Crippen molar-refractivity contribution < 1.29 is 28.6 Å². The predicted molar refractivity (Wildman–Crippen MR) is 81.7 cm³/mol. The zero-order valence-corrected chi connectivity index (χ0v) is 14.8. The van der Waals surface area contributed by atoms with Crippen LogP contribution in [0.3, 0.4) is 0 Å². The highest BCUT2D eigenvalue weighted by molar-refractivity contribution is 6.19. The van der Waals surface area contributed by atoms with Crippen LogP contribution < -0.4 is 0 Å². The third kappa shape index (κ3) is 1.09. The second-order valence-electron chi connectivity index (χ2n) is 8.51. The van der Waals surface area contributed by atoms with E-state index in [0.29, 0.717) is 0 Å². The molecule has 0 radical (unpaired) electrons. The summed E-state index contributed by atoms with van der Waals surface area (Å²) >= 11 is 0. The van der Waals surface area contributed by atoms with Crippen molar-refractivity contribution in [3.8, 4) is 0 Å². The van der Waals surface area contributed by atoms with Crippen molar-refractivity contribution in [3.05, 3.63) is 11.6 Å². The summed E-state index contributed by atoms with van der Waals surface area (Å²) in [7, 11) is 2.57. The first-order valence-electron chi connectivity index (χ1n) is 8.13. The Balaban J connectivity index is 2.05. The molecule has 1 heterocycles. The fourth-order valence-corrected chi connectivity index (χ4v) is 5.87. The van der Waals surface area contributed by atoms with Gasteiger partial charge < -0.3 is 14.2 Å². The number of esters is 2. The van der Waals surface area contributed by atoms with Gasteiger partial charge in [0.25, 0.3) is 0 Å². The first kappa shape index (κ1) is 15.8. The molecule has 5 atom stereocenters. The van der Waals surface area contributed by atoms with Gasteiger partial charge in [-0.25, -0.2) is 0 Å². The first-order chi connectivity index (χ1) is 11.0. The molecule has 4 rings (SSSR count). The maximum Gasteiger partial charge on any atom is 0.317 e. The topological polar surface area (TPSA) is 82.2 Å². The summed E-state index contributed by atoms with van der Waals surface area (Å²) in [6.45, 7) is 8.00. The lowest BCUT2D eigenvalue weighted by molar-refractivity contribution is -0.157. The summed E-state index contributed by atoms with van der Waals surface area (Å²) in [5.74, 6) is -1.74. The number of carbonyl (C=O) groups excluding carboxylic acids is 3. The Labute approximate surface area is 140 Å². The van der Waals surface area contributed by atoms with Crippen LogP contribution in [0, 0.1) is 27.6 Å². The minimum Gasteiger partial charge on any atom is -0.469 e.